The van der Waals surface area contributed by atoms with Crippen LogP contribution in [0.25, 0.3) is 0 Å². The first-order chi connectivity index (χ1) is 9.39. The Morgan fingerprint density at radius 1 is 1.25 bits per heavy atom. The molecule has 0 saturated heterocycles. The predicted molar refractivity (Wildman–Crippen MR) is 76.4 cm³/mol. The van der Waals surface area contributed by atoms with Gasteiger partial charge in [0.2, 0.25) is 10.0 Å². The van der Waals surface area contributed by atoms with Crippen LogP contribution in [0.5, 0.6) is 0 Å². The minimum absolute atomic E-state index is 0.0809. The molecule has 1 aliphatic carbocycles. The minimum Gasteiger partial charge on any atom is -0.215 e. The van der Waals surface area contributed by atoms with Gasteiger partial charge >= 0.3 is 0 Å². The van der Waals surface area contributed by atoms with E-state index in [0.29, 0.717) is 12.5 Å². The second-order valence-electron chi connectivity index (χ2n) is 4.69. The van der Waals surface area contributed by atoms with Gasteiger partial charge in [0.1, 0.15) is 0 Å². The van der Waals surface area contributed by atoms with Crippen molar-refractivity contribution in [2.45, 2.75) is 23.5 Å². The van der Waals surface area contributed by atoms with Gasteiger partial charge in [-0.25, -0.2) is 26.3 Å². The second-order valence-corrected chi connectivity index (χ2v) is 9.45. The Labute approximate surface area is 123 Å². The fraction of sp³-hybridized carbons (Fsp3) is 0.700. The molecule has 1 heterocycles. The molecule has 2 N–H and O–H groups in total. The third-order valence-corrected chi connectivity index (χ3v) is 7.18. The topological polar surface area (TPSA) is 105 Å². The first-order valence-electron chi connectivity index (χ1n) is 6.27. The Kier molecular flexibility index (Phi) is 5.13. The Morgan fingerprint density at radius 3 is 2.55 bits per heavy atom. The van der Waals surface area contributed by atoms with Gasteiger partial charge < -0.3 is 0 Å². The van der Waals surface area contributed by atoms with E-state index in [4.69, 9.17) is 0 Å². The highest BCUT2D eigenvalue weighted by molar-refractivity contribution is 7.91. The lowest BCUT2D eigenvalue weighted by atomic mass is 9.86. The van der Waals surface area contributed by atoms with Crippen LogP contribution in [-0.4, -0.2) is 40.1 Å². The van der Waals surface area contributed by atoms with Gasteiger partial charge in [0, 0.05) is 19.3 Å². The molecule has 0 bridgehead atoms. The normalized spacial score (nSPS) is 17.0. The van der Waals surface area contributed by atoms with E-state index in [1.807, 2.05) is 0 Å². The number of hydrogen-bond donors (Lipinski definition) is 2. The number of rotatable bonds is 8. The van der Waals surface area contributed by atoms with Gasteiger partial charge in [-0.05, 0) is 36.4 Å². The van der Waals surface area contributed by atoms with Gasteiger partial charge in [-0.2, -0.15) is 4.37 Å². The smallest absolute Gasteiger partial charge is 0.215 e. The van der Waals surface area contributed by atoms with Crippen molar-refractivity contribution in [3.8, 4) is 0 Å². The molecule has 114 valence electrons. The minimum atomic E-state index is -3.65. The molecule has 0 unspecified atom stereocenters. The van der Waals surface area contributed by atoms with E-state index in [0.717, 1.165) is 30.8 Å². The maximum Gasteiger partial charge on any atom is 0.251 e. The summed E-state index contributed by atoms with van der Waals surface area (Å²) in [6.07, 6.45) is 4.65. The molecular weight excluding hydrogens is 322 g/mol. The van der Waals surface area contributed by atoms with E-state index < -0.39 is 20.0 Å². The first-order valence-corrected chi connectivity index (χ1v) is 10.2. The van der Waals surface area contributed by atoms with E-state index in [2.05, 4.69) is 13.8 Å². The molecule has 1 fully saturated rings. The van der Waals surface area contributed by atoms with Crippen LogP contribution in [0.3, 0.4) is 0 Å². The van der Waals surface area contributed by atoms with Crippen molar-refractivity contribution in [1.29, 1.82) is 0 Å². The average molecular weight is 339 g/mol. The largest absolute Gasteiger partial charge is 0.251 e. The molecule has 1 saturated carbocycles. The number of nitrogens with one attached hydrogen (secondary N) is 2. The third-order valence-electron chi connectivity index (χ3n) is 3.16. The van der Waals surface area contributed by atoms with Crippen LogP contribution in [0, 0.1) is 5.92 Å². The van der Waals surface area contributed by atoms with Crippen molar-refractivity contribution in [2.75, 3.05) is 18.8 Å². The Hall–Kier alpha value is -0.550. The summed E-state index contributed by atoms with van der Waals surface area (Å²) in [5.41, 5.74) is 0. The monoisotopic (exact) mass is 339 g/mol. The Bertz CT molecular complexity index is 621. The SMILES string of the molecule is O=S(=O)(CCNS(=O)(=O)c1ccns1)NCC1CCC1. The number of nitrogens with zero attached hydrogens (tertiary/aromatic N) is 1. The first kappa shape index (κ1) is 15.8. The van der Waals surface area contributed by atoms with Crippen molar-refractivity contribution < 1.29 is 16.8 Å². The van der Waals surface area contributed by atoms with Crippen molar-refractivity contribution in [2.24, 2.45) is 5.92 Å². The molecule has 2 rings (SSSR count). The standard InChI is InChI=1S/C10H17N3O4S3/c14-19(15,13-8-9-2-1-3-9)7-6-12-20(16,17)10-4-5-11-18-10/h4-5,9,12-13H,1-3,6-8H2. The summed E-state index contributed by atoms with van der Waals surface area (Å²) in [6, 6.07) is 1.37. The van der Waals surface area contributed by atoms with Gasteiger partial charge in [0.05, 0.1) is 5.75 Å². The molecule has 0 aromatic carbocycles. The lowest BCUT2D eigenvalue weighted by molar-refractivity contribution is 0.316. The molecule has 1 aromatic rings. The van der Waals surface area contributed by atoms with E-state index in [-0.39, 0.29) is 16.5 Å². The molecule has 1 aromatic heterocycles. The molecular formula is C10H17N3O4S3. The van der Waals surface area contributed by atoms with E-state index >= 15 is 0 Å². The van der Waals surface area contributed by atoms with Crippen LogP contribution in [0.2, 0.25) is 0 Å². The van der Waals surface area contributed by atoms with Crippen LogP contribution >= 0.6 is 11.5 Å². The van der Waals surface area contributed by atoms with E-state index in [1.54, 1.807) is 0 Å². The summed E-state index contributed by atoms with van der Waals surface area (Å²) >= 11 is 0.847. The summed E-state index contributed by atoms with van der Waals surface area (Å²) < 4.78 is 55.4. The molecule has 7 nitrogen and oxygen atoms in total. The molecule has 0 atom stereocenters. The number of hydrogen-bond acceptors (Lipinski definition) is 6. The van der Waals surface area contributed by atoms with Crippen LogP contribution < -0.4 is 9.44 Å². The fourth-order valence-corrected chi connectivity index (χ4v) is 4.67. The number of sulfonamides is 2. The highest BCUT2D eigenvalue weighted by Gasteiger charge is 2.21. The third kappa shape index (κ3) is 4.48. The second kappa shape index (κ2) is 6.48. The van der Waals surface area contributed by atoms with Crippen molar-refractivity contribution in [1.82, 2.24) is 13.8 Å². The quantitative estimate of drug-likeness (QED) is 0.701. The van der Waals surface area contributed by atoms with E-state index in [9.17, 15) is 16.8 Å². The van der Waals surface area contributed by atoms with Crippen LogP contribution in [-0.2, 0) is 20.0 Å². The molecule has 0 amide bonds. The molecule has 0 radical (unpaired) electrons. The van der Waals surface area contributed by atoms with Crippen molar-refractivity contribution in [3.63, 3.8) is 0 Å². The molecule has 0 spiro atoms. The molecule has 0 aliphatic heterocycles. The average Bonchev–Trinajstić information content (AvgIpc) is 2.79. The lowest BCUT2D eigenvalue weighted by Gasteiger charge is -2.25. The zero-order valence-corrected chi connectivity index (χ0v) is 13.2. The van der Waals surface area contributed by atoms with Gasteiger partial charge in [-0.1, -0.05) is 6.42 Å². The van der Waals surface area contributed by atoms with Crippen molar-refractivity contribution in [3.05, 3.63) is 12.3 Å². The lowest BCUT2D eigenvalue weighted by Crippen LogP contribution is -2.37. The van der Waals surface area contributed by atoms with Crippen LogP contribution in [0.15, 0.2) is 16.5 Å². The summed E-state index contributed by atoms with van der Waals surface area (Å²) in [5.74, 6) is 0.163. The highest BCUT2D eigenvalue weighted by atomic mass is 32.2. The molecule has 20 heavy (non-hydrogen) atoms. The molecule has 10 heteroatoms. The van der Waals surface area contributed by atoms with Gasteiger partial charge in [0.25, 0.3) is 10.0 Å². The number of aromatic nitrogens is 1. The van der Waals surface area contributed by atoms with Gasteiger partial charge in [0.15, 0.2) is 4.21 Å². The zero-order chi connectivity index (χ0) is 14.6. The van der Waals surface area contributed by atoms with Crippen LogP contribution in [0.4, 0.5) is 0 Å². The molecule has 1 aliphatic rings. The van der Waals surface area contributed by atoms with Crippen molar-refractivity contribution >= 4 is 31.6 Å². The summed E-state index contributed by atoms with van der Waals surface area (Å²) in [4.78, 5) is 0. The van der Waals surface area contributed by atoms with Gasteiger partial charge in [-0.15, -0.1) is 0 Å². The summed E-state index contributed by atoms with van der Waals surface area (Å²) in [5, 5.41) is 0. The van der Waals surface area contributed by atoms with Crippen LogP contribution in [0.1, 0.15) is 19.3 Å². The highest BCUT2D eigenvalue weighted by Crippen LogP contribution is 2.25. The Balaban J connectivity index is 1.76. The zero-order valence-electron chi connectivity index (χ0n) is 10.8. The Morgan fingerprint density at radius 2 is 2.00 bits per heavy atom. The fourth-order valence-electron chi connectivity index (χ4n) is 1.74. The summed E-state index contributed by atoms with van der Waals surface area (Å²) in [6.45, 7) is 0.296. The maximum absolute atomic E-state index is 11.7. The van der Waals surface area contributed by atoms with E-state index in [1.165, 1.54) is 12.3 Å². The van der Waals surface area contributed by atoms with Gasteiger partial charge in [-0.3, -0.25) is 0 Å². The maximum atomic E-state index is 11.7. The predicted octanol–water partition coefficient (Wildman–Crippen LogP) is 0.141. The summed E-state index contributed by atoms with van der Waals surface area (Å²) in [7, 11) is -7.08.